The largest absolute Gasteiger partial charge is 0.462 e. The van der Waals surface area contributed by atoms with E-state index in [1.165, 1.54) is 0 Å². The molecule has 0 bridgehead atoms. The van der Waals surface area contributed by atoms with Crippen molar-refractivity contribution in [3.05, 3.63) is 16.0 Å². The standard InChI is InChI=1S/C18H22N2O6S3/c1-3-26-17(23)14-10-5-7-29(24,25)9-12(10)28-16(14)19-15(22)11-8-27-18(2)6-4-13(21)20(11)18/h11H,3-9H2,1-2H3,(H,19,22). The molecule has 158 valence electrons. The summed E-state index contributed by atoms with van der Waals surface area (Å²) in [5.74, 6) is -0.651. The van der Waals surface area contributed by atoms with E-state index in [9.17, 15) is 22.8 Å². The van der Waals surface area contributed by atoms with Crippen molar-refractivity contribution in [1.82, 2.24) is 4.90 Å². The first-order chi connectivity index (χ1) is 13.6. The lowest BCUT2D eigenvalue weighted by molar-refractivity contribution is -0.135. The van der Waals surface area contributed by atoms with Gasteiger partial charge in [-0.25, -0.2) is 13.2 Å². The van der Waals surface area contributed by atoms with E-state index in [0.29, 0.717) is 34.0 Å². The summed E-state index contributed by atoms with van der Waals surface area (Å²) in [4.78, 5) is 39.8. The molecule has 0 aromatic carbocycles. The number of rotatable bonds is 4. The van der Waals surface area contributed by atoms with E-state index < -0.39 is 21.8 Å². The maximum absolute atomic E-state index is 13.0. The molecule has 3 aliphatic heterocycles. The first-order valence-corrected chi connectivity index (χ1v) is 13.1. The fraction of sp³-hybridized carbons (Fsp3) is 0.611. The Morgan fingerprint density at radius 1 is 1.34 bits per heavy atom. The van der Waals surface area contributed by atoms with Gasteiger partial charge in [-0.15, -0.1) is 23.1 Å². The maximum atomic E-state index is 13.0. The van der Waals surface area contributed by atoms with E-state index in [1.807, 2.05) is 6.92 Å². The van der Waals surface area contributed by atoms with Crippen molar-refractivity contribution in [2.45, 2.75) is 49.8 Å². The highest BCUT2D eigenvalue weighted by molar-refractivity contribution is 8.01. The summed E-state index contributed by atoms with van der Waals surface area (Å²) in [6.45, 7) is 3.83. The number of ether oxygens (including phenoxy) is 1. The zero-order chi connectivity index (χ0) is 21.0. The van der Waals surface area contributed by atoms with E-state index in [0.717, 1.165) is 11.3 Å². The second-order valence-electron chi connectivity index (χ2n) is 7.53. The lowest BCUT2D eigenvalue weighted by Gasteiger charge is -2.29. The third-order valence-electron chi connectivity index (χ3n) is 5.57. The maximum Gasteiger partial charge on any atom is 0.341 e. The number of amides is 2. The number of hydrogen-bond donors (Lipinski definition) is 1. The van der Waals surface area contributed by atoms with Crippen molar-refractivity contribution >= 4 is 55.7 Å². The molecule has 1 aromatic rings. The van der Waals surface area contributed by atoms with Gasteiger partial charge in [0.1, 0.15) is 11.0 Å². The molecule has 4 heterocycles. The molecule has 8 nitrogen and oxygen atoms in total. The molecule has 2 unspecified atom stereocenters. The molecule has 3 aliphatic rings. The number of carbonyl (C=O) groups is 3. The van der Waals surface area contributed by atoms with Crippen LogP contribution in [0.25, 0.3) is 0 Å². The van der Waals surface area contributed by atoms with Crippen LogP contribution in [-0.2, 0) is 36.3 Å². The Morgan fingerprint density at radius 2 is 2.10 bits per heavy atom. The predicted molar refractivity (Wildman–Crippen MR) is 111 cm³/mol. The summed E-state index contributed by atoms with van der Waals surface area (Å²) in [5.41, 5.74) is 0.887. The van der Waals surface area contributed by atoms with Gasteiger partial charge in [0.05, 0.1) is 28.5 Å². The van der Waals surface area contributed by atoms with Crippen LogP contribution in [0.5, 0.6) is 0 Å². The smallest absolute Gasteiger partial charge is 0.341 e. The highest BCUT2D eigenvalue weighted by Gasteiger charge is 2.53. The van der Waals surface area contributed by atoms with E-state index in [4.69, 9.17) is 4.74 Å². The summed E-state index contributed by atoms with van der Waals surface area (Å²) in [7, 11) is -3.22. The van der Waals surface area contributed by atoms with Crippen LogP contribution in [0.1, 0.15) is 47.5 Å². The molecular weight excluding hydrogens is 436 g/mol. The third-order valence-corrected chi connectivity index (χ3v) is 9.96. The van der Waals surface area contributed by atoms with Crippen LogP contribution >= 0.6 is 23.1 Å². The highest BCUT2D eigenvalue weighted by atomic mass is 32.2. The van der Waals surface area contributed by atoms with Gasteiger partial charge in [0.2, 0.25) is 11.8 Å². The molecule has 0 aliphatic carbocycles. The van der Waals surface area contributed by atoms with Crippen LogP contribution in [0.4, 0.5) is 5.00 Å². The number of thiophene rings is 1. The number of anilines is 1. The van der Waals surface area contributed by atoms with Crippen molar-refractivity contribution in [1.29, 1.82) is 0 Å². The molecule has 2 fully saturated rings. The zero-order valence-electron chi connectivity index (χ0n) is 16.1. The van der Waals surface area contributed by atoms with Crippen LogP contribution in [-0.4, -0.2) is 60.1 Å². The van der Waals surface area contributed by atoms with Crippen molar-refractivity contribution in [2.24, 2.45) is 0 Å². The minimum Gasteiger partial charge on any atom is -0.462 e. The van der Waals surface area contributed by atoms with E-state index >= 15 is 0 Å². The number of fused-ring (bicyclic) bond motifs is 2. The Kier molecular flexibility index (Phi) is 5.19. The van der Waals surface area contributed by atoms with E-state index in [1.54, 1.807) is 23.6 Å². The SMILES string of the molecule is CCOC(=O)c1c(NC(=O)C2CSC3(C)CCC(=O)N23)sc2c1CCS(=O)(=O)C2. The average molecular weight is 459 g/mol. The van der Waals surface area contributed by atoms with Gasteiger partial charge in [-0.2, -0.15) is 0 Å². The fourth-order valence-electron chi connectivity index (χ4n) is 4.14. The van der Waals surface area contributed by atoms with Crippen molar-refractivity contribution in [2.75, 3.05) is 23.4 Å². The predicted octanol–water partition coefficient (Wildman–Crippen LogP) is 1.79. The number of esters is 1. The lowest BCUT2D eigenvalue weighted by atomic mass is 10.1. The first kappa shape index (κ1) is 20.7. The van der Waals surface area contributed by atoms with Crippen molar-refractivity contribution < 1.29 is 27.5 Å². The first-order valence-electron chi connectivity index (χ1n) is 9.44. The molecule has 29 heavy (non-hydrogen) atoms. The van der Waals surface area contributed by atoms with Gasteiger partial charge in [-0.1, -0.05) is 0 Å². The van der Waals surface area contributed by atoms with Gasteiger partial charge in [-0.3, -0.25) is 9.59 Å². The molecule has 0 spiro atoms. The number of hydrogen-bond acceptors (Lipinski definition) is 8. The number of carbonyl (C=O) groups excluding carboxylic acids is 3. The van der Waals surface area contributed by atoms with E-state index in [-0.39, 0.29) is 46.8 Å². The number of nitrogens with one attached hydrogen (secondary N) is 1. The van der Waals surface area contributed by atoms with Crippen molar-refractivity contribution in [3.8, 4) is 0 Å². The topological polar surface area (TPSA) is 110 Å². The fourth-order valence-corrected chi connectivity index (χ4v) is 8.61. The van der Waals surface area contributed by atoms with Gasteiger partial charge in [0.15, 0.2) is 9.84 Å². The van der Waals surface area contributed by atoms with Crippen LogP contribution in [0.2, 0.25) is 0 Å². The van der Waals surface area contributed by atoms with Crippen LogP contribution in [0, 0.1) is 0 Å². The molecular formula is C18H22N2O6S3. The molecule has 4 rings (SSSR count). The number of sulfone groups is 1. The van der Waals surface area contributed by atoms with E-state index in [2.05, 4.69) is 5.32 Å². The Morgan fingerprint density at radius 3 is 2.83 bits per heavy atom. The van der Waals surface area contributed by atoms with Crippen LogP contribution in [0.3, 0.4) is 0 Å². The van der Waals surface area contributed by atoms with Crippen molar-refractivity contribution in [3.63, 3.8) is 0 Å². The molecule has 0 radical (unpaired) electrons. The zero-order valence-corrected chi connectivity index (χ0v) is 18.6. The Bertz CT molecular complexity index is 1000. The second kappa shape index (κ2) is 7.28. The molecule has 1 N–H and O–H groups in total. The molecule has 11 heteroatoms. The van der Waals surface area contributed by atoms with Gasteiger partial charge < -0.3 is 15.0 Å². The summed E-state index contributed by atoms with van der Waals surface area (Å²) in [6.07, 6.45) is 1.35. The molecule has 2 saturated heterocycles. The average Bonchev–Trinajstić information content (AvgIpc) is 3.25. The molecule has 2 amide bonds. The Balaban J connectivity index is 1.65. The lowest BCUT2D eigenvalue weighted by Crippen LogP contribution is -2.48. The molecule has 1 aromatic heterocycles. The summed E-state index contributed by atoms with van der Waals surface area (Å²) in [5, 5.41) is 3.11. The summed E-state index contributed by atoms with van der Waals surface area (Å²) < 4.78 is 29.2. The van der Waals surface area contributed by atoms with Gasteiger partial charge in [-0.05, 0) is 32.3 Å². The summed E-state index contributed by atoms with van der Waals surface area (Å²) >= 11 is 2.70. The minimum absolute atomic E-state index is 0.0313. The quantitative estimate of drug-likeness (QED) is 0.685. The van der Waals surface area contributed by atoms with Gasteiger partial charge >= 0.3 is 5.97 Å². The monoisotopic (exact) mass is 458 g/mol. The van der Waals surface area contributed by atoms with Gasteiger partial charge in [0.25, 0.3) is 0 Å². The molecule has 2 atom stereocenters. The second-order valence-corrected chi connectivity index (χ2v) is 12.3. The third kappa shape index (κ3) is 3.57. The minimum atomic E-state index is -3.22. The van der Waals surface area contributed by atoms with Crippen LogP contribution in [0.15, 0.2) is 0 Å². The number of nitrogens with zero attached hydrogens (tertiary/aromatic N) is 1. The Labute approximate surface area is 177 Å². The normalized spacial score (nSPS) is 27.4. The summed E-state index contributed by atoms with van der Waals surface area (Å²) in [6, 6.07) is -0.613. The Hall–Kier alpha value is -1.59. The molecule has 0 saturated carbocycles. The van der Waals surface area contributed by atoms with Crippen LogP contribution < -0.4 is 5.32 Å². The number of thioether (sulfide) groups is 1. The van der Waals surface area contributed by atoms with Gasteiger partial charge in [0, 0.05) is 17.1 Å². The highest BCUT2D eigenvalue weighted by Crippen LogP contribution is 2.47.